The lowest BCUT2D eigenvalue weighted by Gasteiger charge is -2.06. The highest BCUT2D eigenvalue weighted by molar-refractivity contribution is 6.09. The molecular weight excluding hydrogens is 304 g/mol. The number of carbonyl (C=O) groups is 2. The summed E-state index contributed by atoms with van der Waals surface area (Å²) in [6, 6.07) is 17.3. The van der Waals surface area contributed by atoms with E-state index < -0.39 is 11.9 Å². The molecule has 120 valence electrons. The maximum atomic E-state index is 12.2. The maximum Gasteiger partial charge on any atom is 0.338 e. The number of hydrogen-bond acceptors (Lipinski definition) is 4. The van der Waals surface area contributed by atoms with E-state index in [1.165, 1.54) is 6.08 Å². The number of benzene rings is 2. The summed E-state index contributed by atoms with van der Waals surface area (Å²) < 4.78 is 4.89. The number of hydrogen-bond donors (Lipinski definition) is 1. The van der Waals surface area contributed by atoms with Crippen molar-refractivity contribution in [3.8, 4) is 6.07 Å². The largest absolute Gasteiger partial charge is 0.462 e. The van der Waals surface area contributed by atoms with Crippen molar-refractivity contribution in [3.05, 3.63) is 71.3 Å². The van der Waals surface area contributed by atoms with Crippen molar-refractivity contribution in [1.29, 1.82) is 5.26 Å². The Kier molecular flexibility index (Phi) is 5.87. The molecule has 2 rings (SSSR count). The first kappa shape index (κ1) is 17.0. The third kappa shape index (κ3) is 4.55. The van der Waals surface area contributed by atoms with Crippen LogP contribution in [0.25, 0.3) is 6.08 Å². The summed E-state index contributed by atoms with van der Waals surface area (Å²) in [5.41, 5.74) is 1.65. The molecule has 0 aliphatic heterocycles. The minimum atomic E-state index is -0.509. The van der Waals surface area contributed by atoms with Crippen molar-refractivity contribution in [2.75, 3.05) is 11.9 Å². The van der Waals surface area contributed by atoms with Gasteiger partial charge >= 0.3 is 5.97 Å². The first-order valence-electron chi connectivity index (χ1n) is 7.39. The van der Waals surface area contributed by atoms with Gasteiger partial charge in [-0.15, -0.1) is 0 Å². The Morgan fingerprint density at radius 1 is 1.12 bits per heavy atom. The van der Waals surface area contributed by atoms with Crippen molar-refractivity contribution in [2.45, 2.75) is 6.92 Å². The van der Waals surface area contributed by atoms with Crippen LogP contribution in [0.4, 0.5) is 5.69 Å². The quantitative estimate of drug-likeness (QED) is 0.520. The van der Waals surface area contributed by atoms with Gasteiger partial charge in [0, 0.05) is 5.69 Å². The molecular formula is C19H16N2O3. The fraction of sp³-hybridized carbons (Fsp3) is 0.105. The summed E-state index contributed by atoms with van der Waals surface area (Å²) in [5, 5.41) is 11.8. The second-order valence-corrected chi connectivity index (χ2v) is 4.83. The van der Waals surface area contributed by atoms with Gasteiger partial charge in [0.2, 0.25) is 0 Å². The lowest BCUT2D eigenvalue weighted by molar-refractivity contribution is -0.112. The number of amides is 1. The molecule has 0 unspecified atom stereocenters. The van der Waals surface area contributed by atoms with E-state index in [2.05, 4.69) is 5.32 Å². The number of carbonyl (C=O) groups excluding carboxylic acids is 2. The molecule has 0 radical (unpaired) electrons. The van der Waals surface area contributed by atoms with Crippen LogP contribution in [0.2, 0.25) is 0 Å². The minimum absolute atomic E-state index is 0.00401. The number of anilines is 1. The van der Waals surface area contributed by atoms with Crippen molar-refractivity contribution >= 4 is 23.6 Å². The number of esters is 1. The van der Waals surface area contributed by atoms with Crippen molar-refractivity contribution in [1.82, 2.24) is 0 Å². The van der Waals surface area contributed by atoms with Gasteiger partial charge in [-0.2, -0.15) is 5.26 Å². The number of nitriles is 1. The highest BCUT2D eigenvalue weighted by Gasteiger charge is 2.11. The van der Waals surface area contributed by atoms with Gasteiger partial charge in [0.25, 0.3) is 5.91 Å². The predicted octanol–water partition coefficient (Wildman–Crippen LogP) is 3.41. The Labute approximate surface area is 140 Å². The second kappa shape index (κ2) is 8.30. The monoisotopic (exact) mass is 320 g/mol. The predicted molar refractivity (Wildman–Crippen MR) is 91.1 cm³/mol. The molecule has 1 amide bonds. The van der Waals surface area contributed by atoms with Crippen LogP contribution in [0.15, 0.2) is 60.2 Å². The third-order valence-electron chi connectivity index (χ3n) is 3.13. The van der Waals surface area contributed by atoms with E-state index in [0.29, 0.717) is 17.9 Å². The Balaban J connectivity index is 2.09. The zero-order valence-electron chi connectivity index (χ0n) is 13.2. The van der Waals surface area contributed by atoms with Gasteiger partial charge in [0.15, 0.2) is 0 Å². The molecule has 0 aliphatic rings. The summed E-state index contributed by atoms with van der Waals surface area (Å²) in [5.74, 6) is -0.928. The number of ether oxygens (including phenoxy) is 1. The molecule has 0 heterocycles. The molecule has 0 atom stereocenters. The molecule has 0 aromatic heterocycles. The fourth-order valence-electron chi connectivity index (χ4n) is 1.97. The first-order chi connectivity index (χ1) is 11.6. The maximum absolute atomic E-state index is 12.2. The van der Waals surface area contributed by atoms with Gasteiger partial charge in [-0.25, -0.2) is 4.79 Å². The third-order valence-corrected chi connectivity index (χ3v) is 3.13. The van der Waals surface area contributed by atoms with Gasteiger partial charge in [-0.3, -0.25) is 4.79 Å². The summed E-state index contributed by atoms with van der Waals surface area (Å²) >= 11 is 0. The summed E-state index contributed by atoms with van der Waals surface area (Å²) in [4.78, 5) is 23.8. The van der Waals surface area contributed by atoms with E-state index in [9.17, 15) is 14.9 Å². The first-order valence-corrected chi connectivity index (χ1v) is 7.39. The highest BCUT2D eigenvalue weighted by Crippen LogP contribution is 2.13. The molecule has 2 aromatic carbocycles. The van der Waals surface area contributed by atoms with Crippen LogP contribution >= 0.6 is 0 Å². The van der Waals surface area contributed by atoms with Crippen LogP contribution in [-0.2, 0) is 9.53 Å². The van der Waals surface area contributed by atoms with E-state index in [4.69, 9.17) is 4.74 Å². The molecule has 2 aromatic rings. The van der Waals surface area contributed by atoms with Gasteiger partial charge < -0.3 is 10.1 Å². The molecule has 24 heavy (non-hydrogen) atoms. The van der Waals surface area contributed by atoms with Gasteiger partial charge in [-0.1, -0.05) is 30.3 Å². The molecule has 5 nitrogen and oxygen atoms in total. The van der Waals surface area contributed by atoms with E-state index >= 15 is 0 Å². The van der Waals surface area contributed by atoms with Gasteiger partial charge in [0.05, 0.1) is 12.2 Å². The molecule has 0 saturated heterocycles. The number of nitrogens with zero attached hydrogens (tertiary/aromatic N) is 1. The van der Waals surface area contributed by atoms with E-state index in [0.717, 1.165) is 5.56 Å². The fourth-order valence-corrected chi connectivity index (χ4v) is 1.97. The van der Waals surface area contributed by atoms with Crippen LogP contribution < -0.4 is 5.32 Å². The average molecular weight is 320 g/mol. The zero-order valence-corrected chi connectivity index (χ0v) is 13.2. The van der Waals surface area contributed by atoms with Crippen molar-refractivity contribution in [3.63, 3.8) is 0 Å². The zero-order chi connectivity index (χ0) is 17.4. The summed E-state index contributed by atoms with van der Waals surface area (Å²) in [6.07, 6.45) is 1.52. The lowest BCUT2D eigenvalue weighted by Crippen LogP contribution is -2.13. The van der Waals surface area contributed by atoms with Crippen LogP contribution in [-0.4, -0.2) is 18.5 Å². The molecule has 0 spiro atoms. The Hall–Kier alpha value is -3.39. The highest BCUT2D eigenvalue weighted by atomic mass is 16.5. The molecule has 0 aliphatic carbocycles. The van der Waals surface area contributed by atoms with Crippen molar-refractivity contribution in [2.24, 2.45) is 0 Å². The van der Waals surface area contributed by atoms with Crippen LogP contribution in [0, 0.1) is 11.3 Å². The van der Waals surface area contributed by atoms with Crippen molar-refractivity contribution < 1.29 is 14.3 Å². The normalized spacial score (nSPS) is 10.6. The van der Waals surface area contributed by atoms with Crippen LogP contribution in [0.1, 0.15) is 22.8 Å². The van der Waals surface area contributed by atoms with Gasteiger partial charge in [-0.05, 0) is 42.8 Å². The molecule has 1 N–H and O–H groups in total. The average Bonchev–Trinajstić information content (AvgIpc) is 2.61. The lowest BCUT2D eigenvalue weighted by atomic mass is 10.1. The Morgan fingerprint density at radius 3 is 2.38 bits per heavy atom. The second-order valence-electron chi connectivity index (χ2n) is 4.83. The SMILES string of the molecule is CCOC(=O)c1ccc(NC(=O)/C(C#N)=C\c2ccccc2)cc1. The van der Waals surface area contributed by atoms with Gasteiger partial charge in [0.1, 0.15) is 11.6 Å². The number of rotatable bonds is 5. The Morgan fingerprint density at radius 2 is 1.79 bits per heavy atom. The summed E-state index contributed by atoms with van der Waals surface area (Å²) in [7, 11) is 0. The molecule has 0 fully saturated rings. The standard InChI is InChI=1S/C19H16N2O3/c1-2-24-19(23)15-8-10-17(11-9-15)21-18(22)16(13-20)12-14-6-4-3-5-7-14/h3-12H,2H2,1H3,(H,21,22)/b16-12-. The summed E-state index contributed by atoms with van der Waals surface area (Å²) in [6.45, 7) is 2.03. The smallest absolute Gasteiger partial charge is 0.338 e. The van der Waals surface area contributed by atoms with Crippen LogP contribution in [0.3, 0.4) is 0 Å². The van der Waals surface area contributed by atoms with Crippen LogP contribution in [0.5, 0.6) is 0 Å². The minimum Gasteiger partial charge on any atom is -0.462 e. The Bertz CT molecular complexity index is 788. The number of nitrogens with one attached hydrogen (secondary N) is 1. The topological polar surface area (TPSA) is 79.2 Å². The molecule has 0 bridgehead atoms. The van der Waals surface area contributed by atoms with E-state index in [1.807, 2.05) is 24.3 Å². The van der Waals surface area contributed by atoms with E-state index in [-0.39, 0.29) is 5.57 Å². The van der Waals surface area contributed by atoms with E-state index in [1.54, 1.807) is 43.3 Å². The molecule has 0 saturated carbocycles. The molecule has 5 heteroatoms.